The number of hydrogen-bond donors (Lipinski definition) is 2. The first-order valence-electron chi connectivity index (χ1n) is 6.31. The third-order valence-electron chi connectivity index (χ3n) is 2.30. The summed E-state index contributed by atoms with van der Waals surface area (Å²) in [4.78, 5) is 8.65. The highest BCUT2D eigenvalue weighted by Gasteiger charge is 2.04. The quantitative estimate of drug-likeness (QED) is 0.676. The van der Waals surface area contributed by atoms with Crippen molar-refractivity contribution in [3.05, 3.63) is 11.9 Å². The largest absolute Gasteiger partial charge is 0.374 e. The summed E-state index contributed by atoms with van der Waals surface area (Å²) in [6.45, 7) is 2.17. The summed E-state index contributed by atoms with van der Waals surface area (Å²) in [5, 5.41) is 5.99. The molecule has 1 rings (SSSR count). The Kier molecular flexibility index (Phi) is 7.02. The molecule has 0 fully saturated rings. The number of nitrogens with one attached hydrogen (secondary N) is 2. The summed E-state index contributed by atoms with van der Waals surface area (Å²) in [5.41, 5.74) is 0. The second-order valence-corrected chi connectivity index (χ2v) is 3.95. The van der Waals surface area contributed by atoms with E-state index in [0.29, 0.717) is 12.4 Å². The number of rotatable bonds is 9. The Morgan fingerprint density at radius 2 is 2.05 bits per heavy atom. The molecule has 0 aromatic carbocycles. The van der Waals surface area contributed by atoms with Gasteiger partial charge in [-0.2, -0.15) is 0 Å². The van der Waals surface area contributed by atoms with E-state index in [2.05, 4.69) is 27.5 Å². The number of aromatic nitrogens is 2. The molecule has 108 valence electrons. The van der Waals surface area contributed by atoms with Crippen LogP contribution in [0, 0.1) is 0 Å². The molecule has 0 unspecified atom stereocenters. The Labute approximate surface area is 111 Å². The summed E-state index contributed by atoms with van der Waals surface area (Å²) in [6.07, 6.45) is -0.665. The smallest absolute Gasteiger partial charge is 0.261 e. The molecule has 0 aliphatic carbocycles. The van der Waals surface area contributed by atoms with Crippen LogP contribution in [0.1, 0.15) is 19.2 Å². The lowest BCUT2D eigenvalue weighted by Gasteiger charge is -2.09. The molecule has 0 saturated heterocycles. The molecule has 1 aromatic rings. The molecule has 19 heavy (non-hydrogen) atoms. The van der Waals surface area contributed by atoms with Crippen molar-refractivity contribution in [1.82, 2.24) is 9.97 Å². The van der Waals surface area contributed by atoms with Gasteiger partial charge in [0.05, 0.1) is 6.61 Å². The predicted octanol–water partition coefficient (Wildman–Crippen LogP) is 2.16. The highest BCUT2D eigenvalue weighted by Crippen LogP contribution is 2.11. The van der Waals surface area contributed by atoms with E-state index in [1.54, 1.807) is 13.1 Å². The van der Waals surface area contributed by atoms with E-state index in [9.17, 15) is 8.78 Å². The molecule has 1 heterocycles. The maximum atomic E-state index is 11.8. The van der Waals surface area contributed by atoms with Crippen molar-refractivity contribution in [3.63, 3.8) is 0 Å². The van der Waals surface area contributed by atoms with Crippen molar-refractivity contribution in [2.75, 3.05) is 37.4 Å². The van der Waals surface area contributed by atoms with Gasteiger partial charge in [-0.25, -0.2) is 18.7 Å². The third-order valence-corrected chi connectivity index (χ3v) is 2.30. The van der Waals surface area contributed by atoms with E-state index in [-0.39, 0.29) is 6.61 Å². The first-order chi connectivity index (χ1) is 9.15. The van der Waals surface area contributed by atoms with Crippen LogP contribution < -0.4 is 10.6 Å². The van der Waals surface area contributed by atoms with Crippen LogP contribution >= 0.6 is 0 Å². The van der Waals surface area contributed by atoms with Crippen LogP contribution in [0.3, 0.4) is 0 Å². The average molecular weight is 274 g/mol. The van der Waals surface area contributed by atoms with Crippen molar-refractivity contribution < 1.29 is 13.5 Å². The van der Waals surface area contributed by atoms with Crippen LogP contribution in [0.2, 0.25) is 0 Å². The number of nitrogens with zero attached hydrogens (tertiary/aromatic N) is 2. The molecule has 2 N–H and O–H groups in total. The highest BCUT2D eigenvalue weighted by molar-refractivity contribution is 5.47. The number of alkyl halides is 2. The summed E-state index contributed by atoms with van der Waals surface area (Å²) < 4.78 is 28.5. The van der Waals surface area contributed by atoms with Crippen LogP contribution in [0.25, 0.3) is 0 Å². The third kappa shape index (κ3) is 6.28. The zero-order valence-corrected chi connectivity index (χ0v) is 11.2. The molecular formula is C12H20F2N4O. The molecule has 0 amide bonds. The van der Waals surface area contributed by atoms with Crippen molar-refractivity contribution in [2.45, 2.75) is 26.2 Å². The van der Waals surface area contributed by atoms with E-state index in [0.717, 1.165) is 24.5 Å². The SMILES string of the molecule is CCCc1nc(NC)cc(NCCOCC(F)F)n1. The molecule has 0 aliphatic heterocycles. The number of anilines is 2. The molecule has 0 bridgehead atoms. The Morgan fingerprint density at radius 3 is 2.68 bits per heavy atom. The standard InChI is InChI=1S/C12H20F2N4O/c1-3-4-10-17-11(15-2)7-12(18-10)16-5-6-19-8-9(13)14/h7,9H,3-6,8H2,1-2H3,(H2,15,16,17,18). The summed E-state index contributed by atoms with van der Waals surface area (Å²) >= 11 is 0. The van der Waals surface area contributed by atoms with Gasteiger partial charge >= 0.3 is 0 Å². The van der Waals surface area contributed by atoms with Crippen molar-refractivity contribution in [3.8, 4) is 0 Å². The Balaban J connectivity index is 2.45. The van der Waals surface area contributed by atoms with Gasteiger partial charge in [-0.1, -0.05) is 6.92 Å². The van der Waals surface area contributed by atoms with Gasteiger partial charge in [-0.15, -0.1) is 0 Å². The van der Waals surface area contributed by atoms with Crippen LogP contribution in [0.4, 0.5) is 20.4 Å². The van der Waals surface area contributed by atoms with Crippen molar-refractivity contribution >= 4 is 11.6 Å². The molecule has 0 radical (unpaired) electrons. The molecule has 0 atom stereocenters. The normalized spacial score (nSPS) is 10.8. The molecule has 7 heteroatoms. The van der Waals surface area contributed by atoms with Crippen LogP contribution in [0.5, 0.6) is 0 Å². The Hall–Kier alpha value is -1.50. The lowest BCUT2D eigenvalue weighted by molar-refractivity contribution is 0.0215. The maximum absolute atomic E-state index is 11.8. The van der Waals surface area contributed by atoms with E-state index in [4.69, 9.17) is 4.74 Å². The van der Waals surface area contributed by atoms with Gasteiger partial charge in [0, 0.05) is 26.1 Å². The van der Waals surface area contributed by atoms with Gasteiger partial charge in [-0.3, -0.25) is 0 Å². The van der Waals surface area contributed by atoms with Crippen LogP contribution in [0.15, 0.2) is 6.07 Å². The Bertz CT molecular complexity index is 377. The number of halogens is 2. The van der Waals surface area contributed by atoms with Gasteiger partial charge in [0.1, 0.15) is 24.1 Å². The molecule has 0 saturated carbocycles. The minimum absolute atomic E-state index is 0.215. The zero-order chi connectivity index (χ0) is 14.1. The van der Waals surface area contributed by atoms with Crippen LogP contribution in [-0.2, 0) is 11.2 Å². The Morgan fingerprint density at radius 1 is 1.32 bits per heavy atom. The second-order valence-electron chi connectivity index (χ2n) is 3.95. The van der Waals surface area contributed by atoms with Crippen molar-refractivity contribution in [1.29, 1.82) is 0 Å². The monoisotopic (exact) mass is 274 g/mol. The van der Waals surface area contributed by atoms with Gasteiger partial charge in [-0.05, 0) is 6.42 Å². The van der Waals surface area contributed by atoms with E-state index >= 15 is 0 Å². The first kappa shape index (κ1) is 15.6. The van der Waals surface area contributed by atoms with E-state index < -0.39 is 13.0 Å². The fourth-order valence-electron chi connectivity index (χ4n) is 1.47. The summed E-state index contributed by atoms with van der Waals surface area (Å²) in [5.74, 6) is 2.16. The first-order valence-corrected chi connectivity index (χ1v) is 6.31. The summed E-state index contributed by atoms with van der Waals surface area (Å²) in [6, 6.07) is 1.77. The van der Waals surface area contributed by atoms with Gasteiger partial charge in [0.25, 0.3) is 6.43 Å². The molecule has 1 aromatic heterocycles. The van der Waals surface area contributed by atoms with Crippen molar-refractivity contribution in [2.24, 2.45) is 0 Å². The van der Waals surface area contributed by atoms with Gasteiger partial charge < -0.3 is 15.4 Å². The molecule has 0 spiro atoms. The van der Waals surface area contributed by atoms with Crippen LogP contribution in [-0.4, -0.2) is 43.2 Å². The minimum Gasteiger partial charge on any atom is -0.374 e. The average Bonchev–Trinajstić information content (AvgIpc) is 2.38. The number of aryl methyl sites for hydroxylation is 1. The molecule has 0 aliphatic rings. The lowest BCUT2D eigenvalue weighted by Crippen LogP contribution is -2.14. The van der Waals surface area contributed by atoms with E-state index in [1.165, 1.54) is 0 Å². The second kappa shape index (κ2) is 8.58. The topological polar surface area (TPSA) is 59.1 Å². The predicted molar refractivity (Wildman–Crippen MR) is 70.9 cm³/mol. The van der Waals surface area contributed by atoms with Gasteiger partial charge in [0.15, 0.2) is 0 Å². The fourth-order valence-corrected chi connectivity index (χ4v) is 1.47. The molecular weight excluding hydrogens is 254 g/mol. The highest BCUT2D eigenvalue weighted by atomic mass is 19.3. The maximum Gasteiger partial charge on any atom is 0.261 e. The summed E-state index contributed by atoms with van der Waals surface area (Å²) in [7, 11) is 1.79. The van der Waals surface area contributed by atoms with E-state index in [1.807, 2.05) is 0 Å². The van der Waals surface area contributed by atoms with Gasteiger partial charge in [0.2, 0.25) is 0 Å². The fraction of sp³-hybridized carbons (Fsp3) is 0.667. The number of ether oxygens (including phenoxy) is 1. The minimum atomic E-state index is -2.42. The number of hydrogen-bond acceptors (Lipinski definition) is 5. The lowest BCUT2D eigenvalue weighted by atomic mass is 10.3. The zero-order valence-electron chi connectivity index (χ0n) is 11.2. The molecule has 5 nitrogen and oxygen atoms in total.